The Bertz CT molecular complexity index is 774. The molecule has 0 aromatic heterocycles. The molecule has 0 aliphatic carbocycles. The van der Waals surface area contributed by atoms with Crippen LogP contribution >= 0.6 is 11.6 Å². The molecule has 1 aliphatic rings. The quantitative estimate of drug-likeness (QED) is 0.849. The first kappa shape index (κ1) is 14.5. The normalized spacial score (nSPS) is 15.1. The van der Waals surface area contributed by atoms with Crippen molar-refractivity contribution in [1.29, 1.82) is 0 Å². The summed E-state index contributed by atoms with van der Waals surface area (Å²) < 4.78 is 29.3. The molecule has 2 aromatic carbocycles. The van der Waals surface area contributed by atoms with Crippen LogP contribution in [0.15, 0.2) is 42.5 Å². The Morgan fingerprint density at radius 3 is 2.73 bits per heavy atom. The molecule has 3 nitrogen and oxygen atoms in total. The maximum atomic E-state index is 12.4. The molecule has 1 heterocycles. The number of carbonyl (C=O) groups is 1. The van der Waals surface area contributed by atoms with Gasteiger partial charge in [-0.1, -0.05) is 35.9 Å². The van der Waals surface area contributed by atoms with Crippen molar-refractivity contribution in [2.45, 2.75) is 6.61 Å². The minimum atomic E-state index is -2.93. The molecule has 1 amide bonds. The number of halogens is 3. The molecule has 112 valence electrons. The van der Waals surface area contributed by atoms with E-state index in [0.717, 1.165) is 0 Å². The lowest BCUT2D eigenvalue weighted by Crippen LogP contribution is -2.05. The van der Waals surface area contributed by atoms with Gasteiger partial charge in [-0.05, 0) is 24.3 Å². The van der Waals surface area contributed by atoms with Gasteiger partial charge in [0.2, 0.25) is 0 Å². The number of rotatable bonds is 3. The molecule has 1 N–H and O–H groups in total. The van der Waals surface area contributed by atoms with Crippen LogP contribution in [0.1, 0.15) is 11.1 Å². The summed E-state index contributed by atoms with van der Waals surface area (Å²) in [5.74, 6) is -0.302. The second-order valence-corrected chi connectivity index (χ2v) is 5.05. The fraction of sp³-hybridized carbons (Fsp3) is 0.0625. The Labute approximate surface area is 130 Å². The fourth-order valence-corrected chi connectivity index (χ4v) is 2.44. The number of carbonyl (C=O) groups excluding carboxylic acids is 1. The lowest BCUT2D eigenvalue weighted by atomic mass is 10.0. The Morgan fingerprint density at radius 2 is 1.95 bits per heavy atom. The molecule has 0 radical (unpaired) electrons. The molecular weight excluding hydrogens is 312 g/mol. The van der Waals surface area contributed by atoms with Gasteiger partial charge in [0.25, 0.3) is 5.91 Å². The fourth-order valence-electron chi connectivity index (χ4n) is 2.27. The minimum absolute atomic E-state index is 0.0141. The number of alkyl halides is 2. The van der Waals surface area contributed by atoms with Crippen molar-refractivity contribution < 1.29 is 18.3 Å². The topological polar surface area (TPSA) is 38.3 Å². The molecule has 0 saturated heterocycles. The zero-order chi connectivity index (χ0) is 15.7. The first-order valence-corrected chi connectivity index (χ1v) is 6.79. The number of nitrogens with one attached hydrogen (secondary N) is 1. The summed E-state index contributed by atoms with van der Waals surface area (Å²) in [5, 5.41) is 3.19. The van der Waals surface area contributed by atoms with Gasteiger partial charge in [-0.15, -0.1) is 0 Å². The number of hydrogen-bond donors (Lipinski definition) is 1. The summed E-state index contributed by atoms with van der Waals surface area (Å²) in [6.07, 6.45) is 1.52. The number of para-hydroxylation sites is 1. The summed E-state index contributed by atoms with van der Waals surface area (Å²) in [5.41, 5.74) is 2.03. The number of anilines is 1. The van der Waals surface area contributed by atoms with E-state index in [9.17, 15) is 13.6 Å². The zero-order valence-electron chi connectivity index (χ0n) is 11.1. The number of ether oxygens (including phenoxy) is 1. The molecule has 3 rings (SSSR count). The van der Waals surface area contributed by atoms with Crippen molar-refractivity contribution >= 4 is 34.8 Å². The molecule has 22 heavy (non-hydrogen) atoms. The van der Waals surface area contributed by atoms with E-state index in [1.54, 1.807) is 36.4 Å². The minimum Gasteiger partial charge on any atom is -0.434 e. The lowest BCUT2D eigenvalue weighted by molar-refractivity contribution is -0.110. The number of hydrogen-bond acceptors (Lipinski definition) is 2. The molecule has 6 heteroatoms. The van der Waals surface area contributed by atoms with Crippen LogP contribution in [0.5, 0.6) is 5.75 Å². The largest absolute Gasteiger partial charge is 0.434 e. The van der Waals surface area contributed by atoms with Crippen LogP contribution in [-0.2, 0) is 4.79 Å². The average molecular weight is 322 g/mol. The molecule has 0 atom stereocenters. The summed E-state index contributed by atoms with van der Waals surface area (Å²) in [6, 6.07) is 11.3. The highest BCUT2D eigenvalue weighted by molar-refractivity contribution is 6.36. The van der Waals surface area contributed by atoms with Gasteiger partial charge in [-0.25, -0.2) is 0 Å². The zero-order valence-corrected chi connectivity index (χ0v) is 11.9. The van der Waals surface area contributed by atoms with E-state index in [1.807, 2.05) is 0 Å². The van der Waals surface area contributed by atoms with Gasteiger partial charge < -0.3 is 10.1 Å². The maximum Gasteiger partial charge on any atom is 0.387 e. The predicted molar refractivity (Wildman–Crippen MR) is 81.0 cm³/mol. The molecule has 0 spiro atoms. The Kier molecular flexibility index (Phi) is 3.81. The third kappa shape index (κ3) is 2.80. The van der Waals surface area contributed by atoms with Crippen LogP contribution < -0.4 is 10.1 Å². The van der Waals surface area contributed by atoms with Crippen LogP contribution in [0.25, 0.3) is 11.6 Å². The Balaban J connectivity index is 2.05. The maximum absolute atomic E-state index is 12.4. The van der Waals surface area contributed by atoms with Crippen LogP contribution in [0.4, 0.5) is 14.5 Å². The first-order chi connectivity index (χ1) is 10.5. The summed E-state index contributed by atoms with van der Waals surface area (Å²) in [6.45, 7) is -2.93. The van der Waals surface area contributed by atoms with Crippen LogP contribution in [0.2, 0.25) is 5.02 Å². The molecule has 1 aliphatic heterocycles. The highest BCUT2D eigenvalue weighted by Crippen LogP contribution is 2.36. The van der Waals surface area contributed by atoms with E-state index >= 15 is 0 Å². The van der Waals surface area contributed by atoms with Crippen molar-refractivity contribution in [3.8, 4) is 5.75 Å². The average Bonchev–Trinajstić information content (AvgIpc) is 2.75. The number of benzene rings is 2. The van der Waals surface area contributed by atoms with E-state index in [4.69, 9.17) is 11.6 Å². The number of fused-ring (bicyclic) bond motifs is 1. The molecule has 0 fully saturated rings. The van der Waals surface area contributed by atoms with E-state index in [-0.39, 0.29) is 11.7 Å². The monoisotopic (exact) mass is 321 g/mol. The van der Waals surface area contributed by atoms with E-state index in [0.29, 0.717) is 27.4 Å². The first-order valence-electron chi connectivity index (χ1n) is 6.41. The smallest absolute Gasteiger partial charge is 0.387 e. The molecule has 2 aromatic rings. The second kappa shape index (κ2) is 5.77. The van der Waals surface area contributed by atoms with E-state index in [1.165, 1.54) is 12.1 Å². The number of amides is 1. The standard InChI is InChI=1S/C16H10ClF2NO2/c17-10-5-6-11-12(15(21)20-13(11)8-10)7-9-3-1-2-4-14(9)22-16(18)19/h1-8,16H,(H,20,21)/b12-7-. The van der Waals surface area contributed by atoms with Crippen LogP contribution in [0.3, 0.4) is 0 Å². The SMILES string of the molecule is O=C1Nc2cc(Cl)ccc2/C1=C/c1ccccc1OC(F)F. The lowest BCUT2D eigenvalue weighted by Gasteiger charge is -2.08. The van der Waals surface area contributed by atoms with Crippen molar-refractivity contribution in [2.24, 2.45) is 0 Å². The van der Waals surface area contributed by atoms with Gasteiger partial charge in [0, 0.05) is 21.7 Å². The molecule has 0 unspecified atom stereocenters. The van der Waals surface area contributed by atoms with E-state index < -0.39 is 6.61 Å². The van der Waals surface area contributed by atoms with Gasteiger partial charge in [0.1, 0.15) is 5.75 Å². The van der Waals surface area contributed by atoms with Crippen molar-refractivity contribution in [1.82, 2.24) is 0 Å². The van der Waals surface area contributed by atoms with Gasteiger partial charge in [0.05, 0.1) is 5.69 Å². The van der Waals surface area contributed by atoms with Gasteiger partial charge in [-0.3, -0.25) is 4.79 Å². The Hall–Kier alpha value is -2.40. The molecular formula is C16H10ClF2NO2. The highest BCUT2D eigenvalue weighted by atomic mass is 35.5. The molecule has 0 bridgehead atoms. The Morgan fingerprint density at radius 1 is 1.18 bits per heavy atom. The van der Waals surface area contributed by atoms with E-state index in [2.05, 4.69) is 10.1 Å². The third-order valence-electron chi connectivity index (χ3n) is 3.20. The van der Waals surface area contributed by atoms with Crippen molar-refractivity contribution in [2.75, 3.05) is 5.32 Å². The second-order valence-electron chi connectivity index (χ2n) is 4.62. The molecule has 0 saturated carbocycles. The van der Waals surface area contributed by atoms with Gasteiger partial charge >= 0.3 is 6.61 Å². The summed E-state index contributed by atoms with van der Waals surface area (Å²) in [4.78, 5) is 12.1. The van der Waals surface area contributed by atoms with Crippen molar-refractivity contribution in [3.63, 3.8) is 0 Å². The van der Waals surface area contributed by atoms with Crippen molar-refractivity contribution in [3.05, 3.63) is 58.6 Å². The third-order valence-corrected chi connectivity index (χ3v) is 3.43. The summed E-state index contributed by atoms with van der Waals surface area (Å²) >= 11 is 5.89. The van der Waals surface area contributed by atoms with Crippen LogP contribution in [-0.4, -0.2) is 12.5 Å². The summed E-state index contributed by atoms with van der Waals surface area (Å²) in [7, 11) is 0. The van der Waals surface area contributed by atoms with Gasteiger partial charge in [-0.2, -0.15) is 8.78 Å². The predicted octanol–water partition coefficient (Wildman–Crippen LogP) is 4.43. The highest BCUT2D eigenvalue weighted by Gasteiger charge is 2.24. The van der Waals surface area contributed by atoms with Gasteiger partial charge in [0.15, 0.2) is 0 Å². The van der Waals surface area contributed by atoms with Crippen LogP contribution in [0, 0.1) is 0 Å².